The summed E-state index contributed by atoms with van der Waals surface area (Å²) in [6.07, 6.45) is 1.31. The average Bonchev–Trinajstić information content (AvgIpc) is 3.52. The molecule has 4 aromatic rings. The van der Waals surface area contributed by atoms with E-state index in [0.29, 0.717) is 48.3 Å². The minimum atomic E-state index is -0.734. The van der Waals surface area contributed by atoms with Gasteiger partial charge in [0.25, 0.3) is 5.56 Å². The van der Waals surface area contributed by atoms with Gasteiger partial charge in [0.1, 0.15) is 11.5 Å². The van der Waals surface area contributed by atoms with Gasteiger partial charge in [0.05, 0.1) is 40.6 Å². The summed E-state index contributed by atoms with van der Waals surface area (Å²) >= 11 is 7.33. The van der Waals surface area contributed by atoms with E-state index in [2.05, 4.69) is 4.99 Å². The number of esters is 2. The number of rotatable bonds is 6. The topological polar surface area (TPSA) is 100 Å². The van der Waals surface area contributed by atoms with E-state index >= 15 is 0 Å². The molecule has 0 spiro atoms. The van der Waals surface area contributed by atoms with Crippen LogP contribution in [0.2, 0.25) is 5.02 Å². The molecule has 0 N–H and O–H groups in total. The fraction of sp³-hybridized carbons (Fsp3) is 0.200. The van der Waals surface area contributed by atoms with Crippen LogP contribution in [0.15, 0.2) is 86.1 Å². The van der Waals surface area contributed by atoms with Crippen molar-refractivity contribution in [3.8, 4) is 11.3 Å². The molecular weight excluding hydrogens is 552 g/mol. The van der Waals surface area contributed by atoms with Gasteiger partial charge < -0.3 is 13.9 Å². The quantitative estimate of drug-likeness (QED) is 0.303. The second kappa shape index (κ2) is 11.1. The number of thiazole rings is 1. The van der Waals surface area contributed by atoms with Crippen molar-refractivity contribution >= 4 is 41.0 Å². The van der Waals surface area contributed by atoms with Gasteiger partial charge >= 0.3 is 11.9 Å². The molecule has 0 bridgehead atoms. The third-order valence-corrected chi connectivity index (χ3v) is 7.50. The Morgan fingerprint density at radius 2 is 1.75 bits per heavy atom. The van der Waals surface area contributed by atoms with Crippen LogP contribution in [0.25, 0.3) is 17.4 Å². The van der Waals surface area contributed by atoms with Gasteiger partial charge in [-0.05, 0) is 62.7 Å². The summed E-state index contributed by atoms with van der Waals surface area (Å²) < 4.78 is 18.2. The largest absolute Gasteiger partial charge is 0.465 e. The summed E-state index contributed by atoms with van der Waals surface area (Å²) in [6.45, 7) is 5.28. The number of benzene rings is 2. The Labute approximate surface area is 238 Å². The Morgan fingerprint density at radius 1 is 1.05 bits per heavy atom. The lowest BCUT2D eigenvalue weighted by Gasteiger charge is -2.25. The maximum atomic E-state index is 13.8. The number of hydrogen-bond donors (Lipinski definition) is 0. The van der Waals surface area contributed by atoms with Crippen LogP contribution >= 0.6 is 22.9 Å². The van der Waals surface area contributed by atoms with E-state index in [9.17, 15) is 14.4 Å². The van der Waals surface area contributed by atoms with Gasteiger partial charge in [0, 0.05) is 16.7 Å². The summed E-state index contributed by atoms with van der Waals surface area (Å²) in [6, 6.07) is 16.7. The molecule has 0 saturated carbocycles. The van der Waals surface area contributed by atoms with Crippen LogP contribution in [0, 0.1) is 0 Å². The van der Waals surface area contributed by atoms with Crippen LogP contribution in [-0.2, 0) is 14.3 Å². The number of nitrogens with zero attached hydrogens (tertiary/aromatic N) is 2. The second-order valence-corrected chi connectivity index (χ2v) is 10.8. The number of ether oxygens (including phenoxy) is 2. The number of furan rings is 1. The molecule has 0 radical (unpaired) electrons. The third-order valence-electron chi connectivity index (χ3n) is 6.26. The van der Waals surface area contributed by atoms with Crippen molar-refractivity contribution in [2.75, 3.05) is 7.11 Å². The van der Waals surface area contributed by atoms with Gasteiger partial charge in [0.2, 0.25) is 0 Å². The summed E-state index contributed by atoms with van der Waals surface area (Å²) in [5.74, 6) is 0.0914. The molecule has 1 aliphatic heterocycles. The molecule has 204 valence electrons. The number of hydrogen-bond acceptors (Lipinski definition) is 8. The summed E-state index contributed by atoms with van der Waals surface area (Å²) in [4.78, 5) is 43.7. The number of fused-ring (bicyclic) bond motifs is 1. The van der Waals surface area contributed by atoms with Gasteiger partial charge in [0.15, 0.2) is 4.80 Å². The number of methoxy groups -OCH3 is 1. The average molecular weight is 577 g/mol. The number of carbonyl (C=O) groups excluding carboxylic acids is 2. The van der Waals surface area contributed by atoms with Gasteiger partial charge in [-0.25, -0.2) is 14.6 Å². The standard InChI is InChI=1S/C30H25ClN2O6S/c1-16(2)38-29(36)25-17(3)32-30-33(26(25)19-9-11-21(31)12-10-19)27(34)24(40-30)15-22-13-14-23(39-22)18-5-7-20(8-6-18)28(35)37-4/h5-16,26H,1-4H3. The number of carbonyl (C=O) groups is 2. The maximum absolute atomic E-state index is 13.8. The van der Waals surface area contributed by atoms with Crippen molar-refractivity contribution in [2.45, 2.75) is 32.9 Å². The molecule has 40 heavy (non-hydrogen) atoms. The lowest BCUT2D eigenvalue weighted by atomic mass is 9.96. The molecule has 2 aromatic heterocycles. The first kappa shape index (κ1) is 27.4. The predicted molar refractivity (Wildman–Crippen MR) is 152 cm³/mol. The Balaban J connectivity index is 1.57. The monoisotopic (exact) mass is 576 g/mol. The van der Waals surface area contributed by atoms with Crippen LogP contribution in [0.4, 0.5) is 0 Å². The van der Waals surface area contributed by atoms with Gasteiger partial charge in [-0.3, -0.25) is 9.36 Å². The van der Waals surface area contributed by atoms with Crippen molar-refractivity contribution in [2.24, 2.45) is 4.99 Å². The highest BCUT2D eigenvalue weighted by Gasteiger charge is 2.33. The van der Waals surface area contributed by atoms with Crippen molar-refractivity contribution in [1.29, 1.82) is 0 Å². The molecule has 10 heteroatoms. The molecule has 0 aliphatic carbocycles. The van der Waals surface area contributed by atoms with Crippen molar-refractivity contribution in [3.63, 3.8) is 0 Å². The maximum Gasteiger partial charge on any atom is 0.338 e. The van der Waals surface area contributed by atoms with E-state index in [0.717, 1.165) is 5.56 Å². The Kier molecular flexibility index (Phi) is 7.60. The highest BCUT2D eigenvalue weighted by Crippen LogP contribution is 2.31. The third kappa shape index (κ3) is 5.30. The second-order valence-electron chi connectivity index (χ2n) is 9.36. The Morgan fingerprint density at radius 3 is 2.40 bits per heavy atom. The molecular formula is C30H25ClN2O6S. The zero-order chi connectivity index (χ0) is 28.6. The van der Waals surface area contributed by atoms with Crippen molar-refractivity contribution in [1.82, 2.24) is 4.57 Å². The first-order chi connectivity index (χ1) is 19.2. The van der Waals surface area contributed by atoms with Crippen molar-refractivity contribution in [3.05, 3.63) is 114 Å². The highest BCUT2D eigenvalue weighted by atomic mass is 35.5. The Hall–Kier alpha value is -4.21. The number of allylic oxidation sites excluding steroid dienone is 1. The normalized spacial score (nSPS) is 15.2. The smallest absolute Gasteiger partial charge is 0.338 e. The molecule has 1 atom stereocenters. The van der Waals surface area contributed by atoms with E-state index in [1.807, 2.05) is 0 Å². The Bertz CT molecular complexity index is 1810. The van der Waals surface area contributed by atoms with Crippen LogP contribution in [-0.4, -0.2) is 29.7 Å². The minimum Gasteiger partial charge on any atom is -0.465 e. The molecule has 3 heterocycles. The molecule has 0 fully saturated rings. The molecule has 8 nitrogen and oxygen atoms in total. The first-order valence-corrected chi connectivity index (χ1v) is 13.6. The van der Waals surface area contributed by atoms with Crippen LogP contribution in [0.1, 0.15) is 48.5 Å². The van der Waals surface area contributed by atoms with Crippen LogP contribution in [0.5, 0.6) is 0 Å². The summed E-state index contributed by atoms with van der Waals surface area (Å²) in [5.41, 5.74) is 2.37. The first-order valence-electron chi connectivity index (χ1n) is 12.4. The SMILES string of the molecule is COC(=O)c1ccc(-c2ccc(C=c3sc4n(c3=O)C(c3ccc(Cl)cc3)C(C(=O)OC(C)C)=C(C)N=4)o2)cc1. The van der Waals surface area contributed by atoms with E-state index < -0.39 is 18.0 Å². The predicted octanol–water partition coefficient (Wildman–Crippen LogP) is 4.89. The van der Waals surface area contributed by atoms with E-state index in [4.69, 9.17) is 25.5 Å². The van der Waals surface area contributed by atoms with E-state index in [1.165, 1.54) is 23.0 Å². The van der Waals surface area contributed by atoms with Crippen LogP contribution < -0.4 is 14.9 Å². The minimum absolute atomic E-state index is 0.297. The zero-order valence-electron chi connectivity index (χ0n) is 22.1. The molecule has 0 saturated heterocycles. The number of aromatic nitrogens is 1. The number of halogens is 1. The fourth-order valence-corrected chi connectivity index (χ4v) is 5.58. The van der Waals surface area contributed by atoms with Crippen molar-refractivity contribution < 1.29 is 23.5 Å². The molecule has 2 aromatic carbocycles. The lowest BCUT2D eigenvalue weighted by molar-refractivity contribution is -0.143. The fourth-order valence-electron chi connectivity index (χ4n) is 4.42. The summed E-state index contributed by atoms with van der Waals surface area (Å²) in [5, 5.41) is 0.539. The molecule has 5 rings (SSSR count). The van der Waals surface area contributed by atoms with E-state index in [-0.39, 0.29) is 11.7 Å². The van der Waals surface area contributed by atoms with Gasteiger partial charge in [-0.1, -0.05) is 47.2 Å². The molecule has 1 unspecified atom stereocenters. The molecule has 1 aliphatic rings. The van der Waals surface area contributed by atoms with Crippen LogP contribution in [0.3, 0.4) is 0 Å². The van der Waals surface area contributed by atoms with Gasteiger partial charge in [-0.2, -0.15) is 0 Å². The highest BCUT2D eigenvalue weighted by molar-refractivity contribution is 7.07. The zero-order valence-corrected chi connectivity index (χ0v) is 23.7. The lowest BCUT2D eigenvalue weighted by Crippen LogP contribution is -2.40. The summed E-state index contributed by atoms with van der Waals surface area (Å²) in [7, 11) is 1.33. The van der Waals surface area contributed by atoms with Gasteiger partial charge in [-0.15, -0.1) is 0 Å². The molecule has 0 amide bonds. The van der Waals surface area contributed by atoms with E-state index in [1.54, 1.807) is 87.5 Å².